The lowest BCUT2D eigenvalue weighted by atomic mass is 10.0. The van der Waals surface area contributed by atoms with Gasteiger partial charge in [-0.05, 0) is 12.8 Å². The van der Waals surface area contributed by atoms with E-state index in [9.17, 15) is 4.79 Å². The van der Waals surface area contributed by atoms with E-state index >= 15 is 0 Å². The van der Waals surface area contributed by atoms with Crippen molar-refractivity contribution in [2.45, 2.75) is 20.8 Å². The number of aliphatic carboxylic acids is 1. The van der Waals surface area contributed by atoms with Crippen LogP contribution >= 0.6 is 0 Å². The average Bonchev–Trinajstić information content (AvgIpc) is 1.59. The highest BCUT2D eigenvalue weighted by Gasteiger charge is 2.12. The summed E-state index contributed by atoms with van der Waals surface area (Å²) in [5.41, 5.74) is 0.590. The predicted octanol–water partition coefficient (Wildman–Crippen LogP) is 0.366. The van der Waals surface area contributed by atoms with Crippen molar-refractivity contribution in [1.29, 1.82) is 0 Å². The summed E-state index contributed by atoms with van der Waals surface area (Å²) in [7, 11) is 0.847. The Hall–Kier alpha value is -0.573. The van der Waals surface area contributed by atoms with Gasteiger partial charge in [0.2, 0.25) is 0 Å². The zero-order chi connectivity index (χ0) is 8.31. The van der Waals surface area contributed by atoms with Gasteiger partial charge in [0.1, 0.15) is 0 Å². The van der Waals surface area contributed by atoms with Gasteiger partial charge in [0.05, 0.1) is 0 Å². The predicted molar refractivity (Wildman–Crippen MR) is 45.1 cm³/mol. The third kappa shape index (κ3) is 2.35. The van der Waals surface area contributed by atoms with E-state index in [4.69, 9.17) is 5.11 Å². The molecule has 0 spiro atoms. The summed E-state index contributed by atoms with van der Waals surface area (Å²) < 4.78 is 0. The monoisotopic (exact) mass is 158 g/mol. The van der Waals surface area contributed by atoms with Gasteiger partial charge in [0.25, 0.3) is 0 Å². The minimum atomic E-state index is -0.762. The molecule has 0 aliphatic rings. The van der Waals surface area contributed by atoms with Crippen LogP contribution in [0.2, 0.25) is 0 Å². The summed E-state index contributed by atoms with van der Waals surface area (Å²) in [6.07, 6.45) is 0. The first-order valence-corrected chi connectivity index (χ1v) is 4.37. The van der Waals surface area contributed by atoms with Crippen molar-refractivity contribution >= 4 is 16.2 Å². The number of allylic oxidation sites excluding steroid dienone is 1. The van der Waals surface area contributed by atoms with Crippen molar-refractivity contribution in [3.63, 3.8) is 0 Å². The Morgan fingerprint density at radius 2 is 1.90 bits per heavy atom. The molecule has 58 valence electrons. The van der Waals surface area contributed by atoms with E-state index in [0.29, 0.717) is 5.57 Å². The van der Waals surface area contributed by atoms with Gasteiger partial charge < -0.3 is 5.11 Å². The van der Waals surface area contributed by atoms with E-state index in [1.807, 2.05) is 20.8 Å². The van der Waals surface area contributed by atoms with Crippen LogP contribution in [0, 0.1) is 5.92 Å². The van der Waals surface area contributed by atoms with Crippen molar-refractivity contribution in [2.24, 2.45) is 5.92 Å². The van der Waals surface area contributed by atoms with Gasteiger partial charge in [-0.3, -0.25) is 0 Å². The van der Waals surface area contributed by atoms with Gasteiger partial charge in [-0.1, -0.05) is 19.0 Å². The van der Waals surface area contributed by atoms with Gasteiger partial charge >= 0.3 is 5.97 Å². The SMILES string of the molecule is CC([SiH3])=C(C(=O)O)C(C)C. The zero-order valence-corrected chi connectivity index (χ0v) is 8.93. The maximum absolute atomic E-state index is 10.5. The molecule has 0 rings (SSSR count). The molecule has 3 heteroatoms. The quantitative estimate of drug-likeness (QED) is 0.465. The second kappa shape index (κ2) is 3.56. The Bertz CT molecular complexity index is 166. The smallest absolute Gasteiger partial charge is 0.331 e. The van der Waals surface area contributed by atoms with Gasteiger partial charge in [-0.25, -0.2) is 4.79 Å². The fourth-order valence-electron chi connectivity index (χ4n) is 1.04. The molecule has 0 amide bonds. The van der Waals surface area contributed by atoms with Gasteiger partial charge in [0.15, 0.2) is 0 Å². The summed E-state index contributed by atoms with van der Waals surface area (Å²) >= 11 is 0. The molecule has 0 aliphatic carbocycles. The summed E-state index contributed by atoms with van der Waals surface area (Å²) in [4.78, 5) is 10.5. The third-order valence-electron chi connectivity index (χ3n) is 1.35. The molecule has 0 unspecified atom stereocenters. The molecule has 0 aromatic rings. The molecule has 1 N–H and O–H groups in total. The highest BCUT2D eigenvalue weighted by Crippen LogP contribution is 2.12. The standard InChI is InChI=1S/C7H14O2Si/c1-4(2)6(5(3)10)7(8)9/h4H,1-3,10H3,(H,8,9). The lowest BCUT2D eigenvalue weighted by Gasteiger charge is -2.07. The molecular formula is C7H14O2Si. The molecule has 0 fully saturated rings. The van der Waals surface area contributed by atoms with Crippen LogP contribution in [0.25, 0.3) is 0 Å². The van der Waals surface area contributed by atoms with Crippen LogP contribution in [-0.2, 0) is 4.79 Å². The van der Waals surface area contributed by atoms with E-state index in [1.54, 1.807) is 0 Å². The second-order valence-electron chi connectivity index (χ2n) is 2.87. The Morgan fingerprint density at radius 1 is 1.50 bits per heavy atom. The van der Waals surface area contributed by atoms with Gasteiger partial charge in [-0.2, -0.15) is 0 Å². The number of carboxylic acids is 1. The Labute approximate surface area is 64.4 Å². The van der Waals surface area contributed by atoms with E-state index in [1.165, 1.54) is 0 Å². The molecule has 0 radical (unpaired) electrons. The lowest BCUT2D eigenvalue weighted by molar-refractivity contribution is -0.133. The first-order valence-electron chi connectivity index (χ1n) is 3.37. The van der Waals surface area contributed by atoms with Crippen LogP contribution in [0.1, 0.15) is 20.8 Å². The molecule has 0 aromatic carbocycles. The highest BCUT2D eigenvalue weighted by atomic mass is 28.1. The summed E-state index contributed by atoms with van der Waals surface area (Å²) in [6, 6.07) is 0. The van der Waals surface area contributed by atoms with E-state index in [0.717, 1.165) is 15.4 Å². The number of rotatable bonds is 2. The van der Waals surface area contributed by atoms with Crippen LogP contribution in [0.4, 0.5) is 0 Å². The maximum Gasteiger partial charge on any atom is 0.331 e. The van der Waals surface area contributed by atoms with Crippen molar-refractivity contribution in [3.8, 4) is 0 Å². The first-order chi connectivity index (χ1) is 4.46. The molecule has 0 aliphatic heterocycles. The van der Waals surface area contributed by atoms with Crippen molar-refractivity contribution in [3.05, 3.63) is 10.8 Å². The molecule has 0 heterocycles. The topological polar surface area (TPSA) is 37.3 Å². The van der Waals surface area contributed by atoms with E-state index in [-0.39, 0.29) is 5.92 Å². The Morgan fingerprint density at radius 3 is 1.90 bits per heavy atom. The number of hydrogen-bond donors (Lipinski definition) is 1. The Balaban J connectivity index is 4.61. The average molecular weight is 158 g/mol. The summed E-state index contributed by atoms with van der Waals surface area (Å²) in [6.45, 7) is 5.70. The number of hydrogen-bond acceptors (Lipinski definition) is 1. The number of carboxylic acid groups (broad SMARTS) is 1. The Kier molecular flexibility index (Phi) is 3.36. The molecule has 0 atom stereocenters. The fraction of sp³-hybridized carbons (Fsp3) is 0.571. The van der Waals surface area contributed by atoms with Gasteiger partial charge in [-0.15, -0.1) is 0 Å². The second-order valence-corrected chi connectivity index (χ2v) is 4.37. The van der Waals surface area contributed by atoms with Crippen LogP contribution < -0.4 is 0 Å². The third-order valence-corrected chi connectivity index (χ3v) is 1.89. The van der Waals surface area contributed by atoms with E-state index < -0.39 is 5.97 Å². The number of carbonyl (C=O) groups is 1. The van der Waals surface area contributed by atoms with Crippen LogP contribution in [0.5, 0.6) is 0 Å². The van der Waals surface area contributed by atoms with E-state index in [2.05, 4.69) is 0 Å². The lowest BCUT2D eigenvalue weighted by Crippen LogP contribution is -2.09. The molecule has 0 saturated heterocycles. The largest absolute Gasteiger partial charge is 0.478 e. The van der Waals surface area contributed by atoms with Crippen molar-refractivity contribution < 1.29 is 9.90 Å². The zero-order valence-electron chi connectivity index (χ0n) is 6.93. The maximum atomic E-state index is 10.5. The molecule has 0 bridgehead atoms. The van der Waals surface area contributed by atoms with Crippen LogP contribution in [0.3, 0.4) is 0 Å². The molecule has 0 aromatic heterocycles. The molecule has 10 heavy (non-hydrogen) atoms. The highest BCUT2D eigenvalue weighted by molar-refractivity contribution is 6.23. The fourth-order valence-corrected chi connectivity index (χ4v) is 1.83. The molecular weight excluding hydrogens is 144 g/mol. The summed E-state index contributed by atoms with van der Waals surface area (Å²) in [5, 5.41) is 9.71. The normalized spacial score (nSPS) is 13.6. The van der Waals surface area contributed by atoms with Gasteiger partial charge in [0, 0.05) is 15.8 Å². The van der Waals surface area contributed by atoms with Crippen LogP contribution in [0.15, 0.2) is 10.8 Å². The first kappa shape index (κ1) is 9.43. The van der Waals surface area contributed by atoms with Crippen LogP contribution in [-0.4, -0.2) is 21.3 Å². The van der Waals surface area contributed by atoms with Crippen molar-refractivity contribution in [2.75, 3.05) is 0 Å². The van der Waals surface area contributed by atoms with Crippen molar-refractivity contribution in [1.82, 2.24) is 0 Å². The summed E-state index contributed by atoms with van der Waals surface area (Å²) in [5.74, 6) is -0.613. The minimum absolute atomic E-state index is 0.148. The molecule has 2 nitrogen and oxygen atoms in total. The molecule has 0 saturated carbocycles. The minimum Gasteiger partial charge on any atom is -0.478 e.